The van der Waals surface area contributed by atoms with E-state index in [0.29, 0.717) is 0 Å². The van der Waals surface area contributed by atoms with E-state index in [9.17, 15) is 0 Å². The summed E-state index contributed by atoms with van der Waals surface area (Å²) in [6, 6.07) is 9.69. The zero-order chi connectivity index (χ0) is 20.2. The first-order chi connectivity index (χ1) is 13.8. The molecular weight excluding hydrogens is 429 g/mol. The van der Waals surface area contributed by atoms with Crippen molar-refractivity contribution in [1.29, 1.82) is 0 Å². The second-order valence-electron chi connectivity index (χ2n) is 8.78. The highest BCUT2D eigenvalue weighted by molar-refractivity contribution is 7.31. The third-order valence-electron chi connectivity index (χ3n) is 6.55. The number of hydrogen-bond acceptors (Lipinski definition) is 4. The Morgan fingerprint density at radius 3 is 1.90 bits per heavy atom. The van der Waals surface area contributed by atoms with Crippen LogP contribution in [0.1, 0.15) is 45.9 Å². The van der Waals surface area contributed by atoms with Crippen LogP contribution in [0.3, 0.4) is 0 Å². The number of benzene rings is 1. The molecule has 0 saturated carbocycles. The summed E-state index contributed by atoms with van der Waals surface area (Å²) in [7, 11) is 0. The van der Waals surface area contributed by atoms with Crippen LogP contribution in [0.25, 0.3) is 39.7 Å². The number of thiophene rings is 4. The third kappa shape index (κ3) is 2.35. The minimum Gasteiger partial charge on any atom is -0.139 e. The number of hydrogen-bond donors (Lipinski definition) is 0. The van der Waals surface area contributed by atoms with Gasteiger partial charge in [0.25, 0.3) is 0 Å². The van der Waals surface area contributed by atoms with Crippen LogP contribution in [0.5, 0.6) is 0 Å². The van der Waals surface area contributed by atoms with E-state index in [-0.39, 0.29) is 5.41 Å². The summed E-state index contributed by atoms with van der Waals surface area (Å²) >= 11 is 7.88. The summed E-state index contributed by atoms with van der Waals surface area (Å²) in [5, 5.41) is 2.89. The zero-order valence-corrected chi connectivity index (χ0v) is 20.7. The molecule has 4 heteroatoms. The molecule has 5 aromatic rings. The van der Waals surface area contributed by atoms with Crippen LogP contribution >= 0.6 is 45.3 Å². The molecule has 0 unspecified atom stereocenters. The highest BCUT2D eigenvalue weighted by atomic mass is 32.1. The van der Waals surface area contributed by atoms with E-state index in [0.717, 1.165) is 0 Å². The van der Waals surface area contributed by atoms with Crippen LogP contribution in [-0.4, -0.2) is 0 Å². The molecule has 0 saturated heterocycles. The van der Waals surface area contributed by atoms with Crippen molar-refractivity contribution in [2.45, 2.75) is 47.0 Å². The Hall–Kier alpha value is -1.46. The molecule has 0 radical (unpaired) electrons. The molecule has 4 heterocycles. The van der Waals surface area contributed by atoms with E-state index in [4.69, 9.17) is 0 Å². The molecule has 1 aliphatic rings. The van der Waals surface area contributed by atoms with Crippen LogP contribution in [0.2, 0.25) is 0 Å². The quantitative estimate of drug-likeness (QED) is 0.238. The first-order valence-corrected chi connectivity index (χ1v) is 13.2. The van der Waals surface area contributed by atoms with Gasteiger partial charge in [-0.1, -0.05) is 13.8 Å². The van der Waals surface area contributed by atoms with Crippen molar-refractivity contribution in [3.63, 3.8) is 0 Å². The van der Waals surface area contributed by atoms with E-state index < -0.39 is 0 Å². The van der Waals surface area contributed by atoms with Crippen molar-refractivity contribution in [3.05, 3.63) is 56.3 Å². The topological polar surface area (TPSA) is 0 Å². The van der Waals surface area contributed by atoms with E-state index in [1.54, 1.807) is 0 Å². The fourth-order valence-corrected chi connectivity index (χ4v) is 9.93. The van der Waals surface area contributed by atoms with Crippen molar-refractivity contribution < 1.29 is 0 Å². The lowest BCUT2D eigenvalue weighted by atomic mass is 9.84. The smallest absolute Gasteiger partial charge is 0.0530 e. The molecule has 1 aromatic carbocycles. The average Bonchev–Trinajstić information content (AvgIpc) is 3.42. The summed E-state index contributed by atoms with van der Waals surface area (Å²) in [6.45, 7) is 13.8. The van der Waals surface area contributed by atoms with E-state index in [2.05, 4.69) is 65.8 Å². The maximum Gasteiger partial charge on any atom is 0.0530 e. The van der Waals surface area contributed by atoms with Gasteiger partial charge in [0.2, 0.25) is 0 Å². The Balaban J connectivity index is 1.60. The molecule has 0 N–H and O–H groups in total. The summed E-state index contributed by atoms with van der Waals surface area (Å²) in [5.41, 5.74) is 6.03. The second-order valence-corrected chi connectivity index (χ2v) is 13.4. The van der Waals surface area contributed by atoms with Crippen LogP contribution in [0.4, 0.5) is 0 Å². The molecule has 0 spiro atoms. The van der Waals surface area contributed by atoms with Gasteiger partial charge >= 0.3 is 0 Å². The molecule has 29 heavy (non-hydrogen) atoms. The predicted octanol–water partition coefficient (Wildman–Crippen LogP) is 9.45. The molecule has 0 bridgehead atoms. The molecular formula is C25H22S4. The number of aryl methyl sites for hydroxylation is 4. The monoisotopic (exact) mass is 450 g/mol. The van der Waals surface area contributed by atoms with Crippen molar-refractivity contribution in [2.24, 2.45) is 0 Å². The highest BCUT2D eigenvalue weighted by Crippen LogP contribution is 2.57. The van der Waals surface area contributed by atoms with Gasteiger partial charge in [0, 0.05) is 34.7 Å². The maximum atomic E-state index is 2.48. The van der Waals surface area contributed by atoms with E-state index >= 15 is 0 Å². The standard InChI is InChI=1S/C25H22S4/c1-11-7-15-13(3)14(4)16-9-19(28-22(16)21(15)26-11)20-10-18-24(29-20)23-17(25(18,5)6)8-12(2)27-23/h7-10H,1-6H3. The summed E-state index contributed by atoms with van der Waals surface area (Å²) < 4.78 is 2.94. The minimum atomic E-state index is 0.117. The lowest BCUT2D eigenvalue weighted by Crippen LogP contribution is -2.13. The van der Waals surface area contributed by atoms with Crippen molar-refractivity contribution in [1.82, 2.24) is 0 Å². The summed E-state index contributed by atoms with van der Waals surface area (Å²) in [4.78, 5) is 8.68. The lowest BCUT2D eigenvalue weighted by molar-refractivity contribution is 0.663. The van der Waals surface area contributed by atoms with Gasteiger partial charge in [-0.2, -0.15) is 0 Å². The number of rotatable bonds is 1. The molecule has 146 valence electrons. The first kappa shape index (κ1) is 18.3. The normalized spacial score (nSPS) is 14.8. The molecule has 0 aliphatic heterocycles. The Kier molecular flexibility index (Phi) is 3.68. The molecule has 0 fully saturated rings. The van der Waals surface area contributed by atoms with Gasteiger partial charge < -0.3 is 0 Å². The number of fused-ring (bicyclic) bond motifs is 6. The molecule has 4 aromatic heterocycles. The highest BCUT2D eigenvalue weighted by Gasteiger charge is 2.39. The van der Waals surface area contributed by atoms with Crippen LogP contribution < -0.4 is 0 Å². The molecule has 0 amide bonds. The Labute approximate surface area is 187 Å². The molecule has 0 atom stereocenters. The SMILES string of the molecule is Cc1cc2c(s1)-c1sc(-c3cc4c(C)c(C)c5cc(C)sc5c4s3)cc1C2(C)C. The van der Waals surface area contributed by atoms with Crippen LogP contribution in [0.15, 0.2) is 24.3 Å². The van der Waals surface area contributed by atoms with Crippen LogP contribution in [0, 0.1) is 27.7 Å². The van der Waals surface area contributed by atoms with Gasteiger partial charge in [-0.15, -0.1) is 45.3 Å². The van der Waals surface area contributed by atoms with Crippen LogP contribution in [-0.2, 0) is 5.41 Å². The predicted molar refractivity (Wildman–Crippen MR) is 135 cm³/mol. The molecule has 6 rings (SSSR count). The van der Waals surface area contributed by atoms with Crippen molar-refractivity contribution in [3.8, 4) is 19.5 Å². The van der Waals surface area contributed by atoms with Gasteiger partial charge in [0.05, 0.1) is 9.40 Å². The van der Waals surface area contributed by atoms with Crippen molar-refractivity contribution in [2.75, 3.05) is 0 Å². The molecule has 1 aliphatic carbocycles. The van der Waals surface area contributed by atoms with Crippen molar-refractivity contribution >= 4 is 65.5 Å². The van der Waals surface area contributed by atoms with E-state index in [1.165, 1.54) is 71.7 Å². The summed E-state index contributed by atoms with van der Waals surface area (Å²) in [6.07, 6.45) is 0. The fraction of sp³-hybridized carbons (Fsp3) is 0.280. The van der Waals surface area contributed by atoms with Gasteiger partial charge in [-0.05, 0) is 85.0 Å². The Morgan fingerprint density at radius 1 is 0.586 bits per heavy atom. The maximum absolute atomic E-state index is 2.48. The third-order valence-corrected chi connectivity index (χ3v) is 11.4. The van der Waals surface area contributed by atoms with Gasteiger partial charge in [0.15, 0.2) is 0 Å². The largest absolute Gasteiger partial charge is 0.139 e. The van der Waals surface area contributed by atoms with Gasteiger partial charge in [-0.25, -0.2) is 0 Å². The van der Waals surface area contributed by atoms with Gasteiger partial charge in [0.1, 0.15) is 0 Å². The second kappa shape index (κ2) is 5.82. The first-order valence-electron chi connectivity index (χ1n) is 9.94. The average molecular weight is 451 g/mol. The zero-order valence-electron chi connectivity index (χ0n) is 17.4. The summed E-state index contributed by atoms with van der Waals surface area (Å²) in [5.74, 6) is 0. The minimum absolute atomic E-state index is 0.117. The molecule has 0 nitrogen and oxygen atoms in total. The Morgan fingerprint density at radius 2 is 1.14 bits per heavy atom. The van der Waals surface area contributed by atoms with E-state index in [1.807, 2.05) is 45.3 Å². The fourth-order valence-electron chi connectivity index (χ4n) is 4.76. The lowest BCUT2D eigenvalue weighted by Gasteiger charge is -2.18. The Bertz CT molecular complexity index is 1460. The van der Waals surface area contributed by atoms with Gasteiger partial charge in [-0.3, -0.25) is 0 Å².